The van der Waals surface area contributed by atoms with Crippen molar-refractivity contribution in [3.8, 4) is 0 Å². The summed E-state index contributed by atoms with van der Waals surface area (Å²) >= 11 is 7.72. The molecule has 4 nitrogen and oxygen atoms in total. The monoisotopic (exact) mass is 345 g/mol. The van der Waals surface area contributed by atoms with Crippen LogP contribution in [0.15, 0.2) is 46.7 Å². The number of halogens is 1. The molecular formula is C17H16ClN3OS. The summed E-state index contributed by atoms with van der Waals surface area (Å²) in [5.74, 6) is 0. The van der Waals surface area contributed by atoms with Gasteiger partial charge in [-0.2, -0.15) is 0 Å². The number of nitrogens with zero attached hydrogens (tertiary/aromatic N) is 3. The molecule has 0 aromatic carbocycles. The van der Waals surface area contributed by atoms with Gasteiger partial charge in [-0.3, -0.25) is 14.1 Å². The van der Waals surface area contributed by atoms with Gasteiger partial charge in [0.2, 0.25) is 0 Å². The van der Waals surface area contributed by atoms with Crippen molar-refractivity contribution in [1.29, 1.82) is 0 Å². The predicted octanol–water partition coefficient (Wildman–Crippen LogP) is 3.57. The zero-order valence-electron chi connectivity index (χ0n) is 12.5. The van der Waals surface area contributed by atoms with Crippen LogP contribution in [0.2, 0.25) is 5.02 Å². The average Bonchev–Trinajstić information content (AvgIpc) is 3.25. The van der Waals surface area contributed by atoms with Crippen LogP contribution >= 0.6 is 22.9 Å². The third-order valence-corrected chi connectivity index (χ3v) is 5.13. The van der Waals surface area contributed by atoms with Crippen molar-refractivity contribution in [2.24, 2.45) is 0 Å². The van der Waals surface area contributed by atoms with Crippen molar-refractivity contribution in [3.05, 3.63) is 67.9 Å². The second-order valence-electron chi connectivity index (χ2n) is 5.88. The molecule has 0 bridgehead atoms. The van der Waals surface area contributed by atoms with Crippen molar-refractivity contribution in [3.63, 3.8) is 0 Å². The minimum atomic E-state index is -0.0839. The smallest absolute Gasteiger partial charge is 0.258 e. The van der Waals surface area contributed by atoms with E-state index in [1.54, 1.807) is 35.7 Å². The maximum atomic E-state index is 12.3. The van der Waals surface area contributed by atoms with Crippen molar-refractivity contribution in [2.45, 2.75) is 32.0 Å². The topological polar surface area (TPSA) is 37.6 Å². The molecule has 0 N–H and O–H groups in total. The molecule has 0 spiro atoms. The van der Waals surface area contributed by atoms with E-state index in [9.17, 15) is 4.79 Å². The maximum Gasteiger partial charge on any atom is 0.258 e. The fourth-order valence-corrected chi connectivity index (χ4v) is 3.66. The Morgan fingerprint density at radius 1 is 1.30 bits per heavy atom. The Morgan fingerprint density at radius 3 is 2.91 bits per heavy atom. The molecule has 0 radical (unpaired) electrons. The summed E-state index contributed by atoms with van der Waals surface area (Å²) in [7, 11) is 0. The molecule has 23 heavy (non-hydrogen) atoms. The summed E-state index contributed by atoms with van der Waals surface area (Å²) in [4.78, 5) is 20.7. The minimum absolute atomic E-state index is 0.0839. The molecule has 3 aromatic heterocycles. The first-order valence-electron chi connectivity index (χ1n) is 7.63. The van der Waals surface area contributed by atoms with E-state index in [4.69, 9.17) is 11.6 Å². The first kappa shape index (κ1) is 14.9. The highest BCUT2D eigenvalue weighted by Gasteiger charge is 2.29. The number of pyridine rings is 1. The Bertz CT molecular complexity index is 886. The van der Waals surface area contributed by atoms with Gasteiger partial charge in [-0.25, -0.2) is 4.98 Å². The maximum absolute atomic E-state index is 12.3. The quantitative estimate of drug-likeness (QED) is 0.709. The zero-order valence-corrected chi connectivity index (χ0v) is 14.1. The lowest BCUT2D eigenvalue weighted by molar-refractivity contribution is 0.245. The van der Waals surface area contributed by atoms with Crippen LogP contribution in [0, 0.1) is 0 Å². The molecule has 3 aromatic rings. The predicted molar refractivity (Wildman–Crippen MR) is 93.1 cm³/mol. The number of hydrogen-bond donors (Lipinski definition) is 0. The van der Waals surface area contributed by atoms with Crippen LogP contribution in [0.3, 0.4) is 0 Å². The number of thiophene rings is 1. The molecule has 1 fully saturated rings. The number of rotatable bonds is 5. The summed E-state index contributed by atoms with van der Waals surface area (Å²) < 4.78 is 1.49. The highest BCUT2D eigenvalue weighted by molar-refractivity contribution is 7.09. The van der Waals surface area contributed by atoms with Gasteiger partial charge < -0.3 is 0 Å². The van der Waals surface area contributed by atoms with E-state index >= 15 is 0 Å². The average molecular weight is 346 g/mol. The van der Waals surface area contributed by atoms with E-state index in [-0.39, 0.29) is 5.56 Å². The van der Waals surface area contributed by atoms with Gasteiger partial charge in [-0.15, -0.1) is 11.3 Å². The number of fused-ring (bicyclic) bond motifs is 1. The third-order valence-electron chi connectivity index (χ3n) is 4.04. The lowest BCUT2D eigenvalue weighted by atomic mass is 10.3. The van der Waals surface area contributed by atoms with Gasteiger partial charge in [0, 0.05) is 36.3 Å². The van der Waals surface area contributed by atoms with Gasteiger partial charge in [0.25, 0.3) is 5.56 Å². The molecule has 0 unspecified atom stereocenters. The Labute approximate surface area is 143 Å². The van der Waals surface area contributed by atoms with Gasteiger partial charge in [0.05, 0.1) is 10.7 Å². The van der Waals surface area contributed by atoms with E-state index in [1.807, 2.05) is 0 Å². The molecule has 3 heterocycles. The molecule has 4 rings (SSSR count). The first-order chi connectivity index (χ1) is 11.2. The SMILES string of the molecule is O=c1cc(CN(Cc2cccs2)C2CC2)nc2ccc(Cl)cn12. The summed E-state index contributed by atoms with van der Waals surface area (Å²) in [5.41, 5.74) is 1.38. The Morgan fingerprint density at radius 2 is 2.17 bits per heavy atom. The van der Waals surface area contributed by atoms with E-state index in [0.717, 1.165) is 12.2 Å². The van der Waals surface area contributed by atoms with Crippen LogP contribution in [0.4, 0.5) is 0 Å². The van der Waals surface area contributed by atoms with Crippen LogP contribution in [0.25, 0.3) is 5.65 Å². The molecule has 6 heteroatoms. The van der Waals surface area contributed by atoms with Gasteiger partial charge in [-0.05, 0) is 36.4 Å². The van der Waals surface area contributed by atoms with Crippen molar-refractivity contribution >= 4 is 28.6 Å². The number of aromatic nitrogens is 2. The van der Waals surface area contributed by atoms with Crippen LogP contribution < -0.4 is 5.56 Å². The largest absolute Gasteiger partial charge is 0.289 e. The van der Waals surface area contributed by atoms with E-state index in [1.165, 1.54) is 22.1 Å². The minimum Gasteiger partial charge on any atom is -0.289 e. The Balaban J connectivity index is 1.62. The lowest BCUT2D eigenvalue weighted by Crippen LogP contribution is -2.26. The van der Waals surface area contributed by atoms with Crippen LogP contribution in [-0.4, -0.2) is 20.3 Å². The van der Waals surface area contributed by atoms with Crippen molar-refractivity contribution in [2.75, 3.05) is 0 Å². The fraction of sp³-hybridized carbons (Fsp3) is 0.294. The molecule has 0 aliphatic heterocycles. The Hall–Kier alpha value is -1.69. The standard InChI is InChI=1S/C17H16ClN3OS/c18-12-3-6-16-19-13(8-17(22)21(16)9-12)10-20(14-4-5-14)11-15-2-1-7-23-15/h1-3,6-9,14H,4-5,10-11H2. The van der Waals surface area contributed by atoms with Crippen LogP contribution in [-0.2, 0) is 13.1 Å². The molecule has 0 atom stereocenters. The van der Waals surface area contributed by atoms with Gasteiger partial charge in [0.15, 0.2) is 0 Å². The second kappa shape index (κ2) is 6.07. The fourth-order valence-electron chi connectivity index (χ4n) is 2.77. The van der Waals surface area contributed by atoms with E-state index in [2.05, 4.69) is 27.4 Å². The van der Waals surface area contributed by atoms with Gasteiger partial charge >= 0.3 is 0 Å². The van der Waals surface area contributed by atoms with Crippen LogP contribution in [0.5, 0.6) is 0 Å². The lowest BCUT2D eigenvalue weighted by Gasteiger charge is -2.20. The summed E-state index contributed by atoms with van der Waals surface area (Å²) in [5, 5.41) is 2.64. The molecule has 118 valence electrons. The van der Waals surface area contributed by atoms with Gasteiger partial charge in [-0.1, -0.05) is 17.7 Å². The molecule has 1 aliphatic rings. The number of hydrogen-bond acceptors (Lipinski definition) is 4. The summed E-state index contributed by atoms with van der Waals surface area (Å²) in [6.45, 7) is 1.63. The highest BCUT2D eigenvalue weighted by atomic mass is 35.5. The van der Waals surface area contributed by atoms with E-state index < -0.39 is 0 Å². The summed E-state index contributed by atoms with van der Waals surface area (Å²) in [6, 6.07) is 10.0. The molecule has 0 amide bonds. The van der Waals surface area contributed by atoms with Gasteiger partial charge in [0.1, 0.15) is 5.65 Å². The first-order valence-corrected chi connectivity index (χ1v) is 8.89. The molecule has 1 saturated carbocycles. The highest BCUT2D eigenvalue weighted by Crippen LogP contribution is 2.30. The molecular weight excluding hydrogens is 330 g/mol. The summed E-state index contributed by atoms with van der Waals surface area (Å²) in [6.07, 6.45) is 4.07. The third kappa shape index (κ3) is 3.32. The second-order valence-corrected chi connectivity index (χ2v) is 7.35. The molecule has 0 saturated heterocycles. The van der Waals surface area contributed by atoms with Crippen molar-refractivity contribution < 1.29 is 0 Å². The van der Waals surface area contributed by atoms with E-state index in [0.29, 0.717) is 23.3 Å². The Kier molecular flexibility index (Phi) is 3.93. The van der Waals surface area contributed by atoms with Crippen molar-refractivity contribution in [1.82, 2.24) is 14.3 Å². The normalized spacial score (nSPS) is 14.7. The molecule has 1 aliphatic carbocycles. The zero-order chi connectivity index (χ0) is 15.8. The van der Waals surface area contributed by atoms with Crippen LogP contribution in [0.1, 0.15) is 23.4 Å².